The summed E-state index contributed by atoms with van der Waals surface area (Å²) >= 11 is 6.49. The maximum absolute atomic E-state index is 16.2. The highest BCUT2D eigenvalue weighted by molar-refractivity contribution is 6.33. The molecule has 4 aromatic rings. The number of pyridine rings is 3. The van der Waals surface area contributed by atoms with Crippen molar-refractivity contribution >= 4 is 51.5 Å². The molecule has 2 unspecified atom stereocenters. The van der Waals surface area contributed by atoms with Crippen molar-refractivity contribution in [3.8, 4) is 16.9 Å². The van der Waals surface area contributed by atoms with Crippen LogP contribution in [0.2, 0.25) is 5.02 Å². The van der Waals surface area contributed by atoms with Gasteiger partial charge in [0, 0.05) is 35.4 Å². The van der Waals surface area contributed by atoms with Gasteiger partial charge in [-0.1, -0.05) is 32.0 Å². The molecule has 0 aliphatic carbocycles. The zero-order valence-corrected chi connectivity index (χ0v) is 25.4. The van der Waals surface area contributed by atoms with Crippen molar-refractivity contribution in [2.75, 3.05) is 29.0 Å². The largest absolute Gasteiger partial charge is 0.399 e. The molecule has 6 rings (SSSR count). The minimum absolute atomic E-state index is 0.00310. The van der Waals surface area contributed by atoms with Crippen LogP contribution in [-0.4, -0.2) is 56.4 Å². The molecule has 1 saturated heterocycles. The summed E-state index contributed by atoms with van der Waals surface area (Å²) in [5, 5.41) is 3.33. The van der Waals surface area contributed by atoms with E-state index in [9.17, 15) is 14.4 Å². The number of piperazine rings is 1. The molecule has 1 fully saturated rings. The molecular formula is C32H31ClFN7O3. The topological polar surface area (TPSA) is 126 Å². The zero-order valence-electron chi connectivity index (χ0n) is 24.7. The van der Waals surface area contributed by atoms with E-state index in [1.54, 1.807) is 34.2 Å². The van der Waals surface area contributed by atoms with Crippen LogP contribution < -0.4 is 21.5 Å². The second-order valence-corrected chi connectivity index (χ2v) is 11.9. The van der Waals surface area contributed by atoms with Crippen molar-refractivity contribution in [1.82, 2.24) is 19.4 Å². The van der Waals surface area contributed by atoms with Crippen LogP contribution in [0.3, 0.4) is 0 Å². The Labute approximate surface area is 258 Å². The number of nitrogens with two attached hydrogens (primary N) is 1. The Morgan fingerprint density at radius 2 is 1.95 bits per heavy atom. The van der Waals surface area contributed by atoms with Crippen molar-refractivity contribution in [2.45, 2.75) is 45.7 Å². The number of anilines is 3. The highest BCUT2D eigenvalue weighted by Gasteiger charge is 2.44. The number of aromatic nitrogens is 3. The molecule has 2 amide bonds. The Hall–Kier alpha value is -4.77. The van der Waals surface area contributed by atoms with Crippen LogP contribution >= 0.6 is 11.6 Å². The molecule has 0 radical (unpaired) electrons. The number of fused-ring (bicyclic) bond motifs is 5. The summed E-state index contributed by atoms with van der Waals surface area (Å²) < 4.78 is 17.6. The molecule has 2 aliphatic heterocycles. The smallest absolute Gasteiger partial charge is 0.282 e. The van der Waals surface area contributed by atoms with E-state index >= 15 is 4.39 Å². The first-order chi connectivity index (χ1) is 20.9. The van der Waals surface area contributed by atoms with E-state index in [1.807, 2.05) is 27.7 Å². The molecule has 44 heavy (non-hydrogen) atoms. The van der Waals surface area contributed by atoms with Crippen molar-refractivity contribution < 1.29 is 14.0 Å². The van der Waals surface area contributed by atoms with Crippen molar-refractivity contribution in [1.29, 1.82) is 0 Å². The number of nitrogens with one attached hydrogen (secondary N) is 1. The summed E-state index contributed by atoms with van der Waals surface area (Å²) in [5.74, 6) is -1.52. The molecule has 0 spiro atoms. The van der Waals surface area contributed by atoms with E-state index in [0.717, 1.165) is 5.56 Å². The third-order valence-corrected chi connectivity index (χ3v) is 8.61. The summed E-state index contributed by atoms with van der Waals surface area (Å²) in [4.78, 5) is 53.3. The lowest BCUT2D eigenvalue weighted by Crippen LogP contribution is -2.64. The van der Waals surface area contributed by atoms with Crippen molar-refractivity contribution in [2.24, 2.45) is 0 Å². The van der Waals surface area contributed by atoms with E-state index in [0.29, 0.717) is 28.1 Å². The average molecular weight is 616 g/mol. The van der Waals surface area contributed by atoms with Gasteiger partial charge in [0.1, 0.15) is 23.2 Å². The predicted octanol–water partition coefficient (Wildman–Crippen LogP) is 4.80. The van der Waals surface area contributed by atoms with E-state index in [1.165, 1.54) is 22.8 Å². The number of hydrogen-bond donors (Lipinski definition) is 2. The van der Waals surface area contributed by atoms with E-state index in [4.69, 9.17) is 22.3 Å². The fourth-order valence-electron chi connectivity index (χ4n) is 6.16. The highest BCUT2D eigenvalue weighted by Crippen LogP contribution is 2.42. The SMILES string of the molecule is C=CC(=O)N1CC2C(=O)Nc3c(c4cc(F)c(-c5cc(N)ccc5Cl)nc4n(-c4c(C)ccnc4C(C)C)c3=O)N2CC1C. The second kappa shape index (κ2) is 10.7. The van der Waals surface area contributed by atoms with Gasteiger partial charge in [-0.3, -0.25) is 23.9 Å². The summed E-state index contributed by atoms with van der Waals surface area (Å²) in [6, 6.07) is 6.64. The maximum Gasteiger partial charge on any atom is 0.282 e. The van der Waals surface area contributed by atoms with E-state index in [-0.39, 0.29) is 58.6 Å². The molecule has 12 heteroatoms. The second-order valence-electron chi connectivity index (χ2n) is 11.5. The summed E-state index contributed by atoms with van der Waals surface area (Å²) in [6.45, 7) is 11.5. The molecule has 3 aromatic heterocycles. The van der Waals surface area contributed by atoms with Crippen LogP contribution in [0.15, 0.2) is 54.0 Å². The lowest BCUT2D eigenvalue weighted by Gasteiger charge is -2.48. The number of carbonyl (C=O) groups is 2. The summed E-state index contributed by atoms with van der Waals surface area (Å²) in [6.07, 6.45) is 2.88. The monoisotopic (exact) mass is 615 g/mol. The first kappa shape index (κ1) is 29.3. The van der Waals surface area contributed by atoms with Crippen LogP contribution in [0.5, 0.6) is 0 Å². The minimum atomic E-state index is -0.821. The number of nitrogen functional groups attached to an aromatic ring is 1. The number of halogens is 2. The number of carbonyl (C=O) groups excluding carboxylic acids is 2. The average Bonchev–Trinajstić information content (AvgIpc) is 2.98. The van der Waals surface area contributed by atoms with Crippen LogP contribution in [0.4, 0.5) is 21.5 Å². The molecule has 226 valence electrons. The third-order valence-electron chi connectivity index (χ3n) is 8.28. The van der Waals surface area contributed by atoms with Gasteiger partial charge < -0.3 is 20.9 Å². The van der Waals surface area contributed by atoms with Gasteiger partial charge in [0.05, 0.1) is 28.6 Å². The Balaban J connectivity index is 1.72. The predicted molar refractivity (Wildman–Crippen MR) is 170 cm³/mol. The van der Waals surface area contributed by atoms with Crippen LogP contribution in [0, 0.1) is 12.7 Å². The van der Waals surface area contributed by atoms with Crippen LogP contribution in [0.1, 0.15) is 37.9 Å². The van der Waals surface area contributed by atoms with E-state index in [2.05, 4.69) is 16.9 Å². The standard InChI is InChI=1S/C32H31ClFN7O3/c1-6-24(42)39-14-23-31(43)38-27-29(40(23)13-17(39)5)20-12-22(34)26(19-11-18(35)7-8-21(19)33)37-30(20)41(32(27)44)28-16(4)9-10-36-25(28)15(2)3/h6-12,15,17,23H,1,13-14,35H2,2-5H3,(H,38,43). The molecule has 0 bridgehead atoms. The Morgan fingerprint density at radius 3 is 2.66 bits per heavy atom. The van der Waals surface area contributed by atoms with Crippen LogP contribution in [0.25, 0.3) is 28.0 Å². The van der Waals surface area contributed by atoms with Gasteiger partial charge in [0.25, 0.3) is 5.56 Å². The molecule has 1 aromatic carbocycles. The van der Waals surface area contributed by atoms with Gasteiger partial charge in [-0.15, -0.1) is 0 Å². The first-order valence-electron chi connectivity index (χ1n) is 14.2. The minimum Gasteiger partial charge on any atom is -0.399 e. The zero-order chi connectivity index (χ0) is 31.6. The van der Waals surface area contributed by atoms with Crippen LogP contribution in [-0.2, 0) is 9.59 Å². The fraction of sp³-hybridized carbons (Fsp3) is 0.281. The van der Waals surface area contributed by atoms with Crippen molar-refractivity contribution in [3.63, 3.8) is 0 Å². The molecule has 2 atom stereocenters. The molecule has 0 saturated carbocycles. The first-order valence-corrected chi connectivity index (χ1v) is 14.6. The fourth-order valence-corrected chi connectivity index (χ4v) is 6.37. The van der Waals surface area contributed by atoms with Crippen molar-refractivity contribution in [3.05, 3.63) is 81.6 Å². The molecule has 3 N–H and O–H groups in total. The Bertz CT molecular complexity index is 1960. The maximum atomic E-state index is 16.2. The number of benzene rings is 1. The number of rotatable bonds is 4. The van der Waals surface area contributed by atoms with Gasteiger partial charge >= 0.3 is 0 Å². The lowest BCUT2D eigenvalue weighted by molar-refractivity contribution is -0.130. The molecule has 2 aliphatic rings. The number of hydrogen-bond acceptors (Lipinski definition) is 7. The number of aryl methyl sites for hydroxylation is 1. The van der Waals surface area contributed by atoms with Gasteiger partial charge in [0.15, 0.2) is 5.65 Å². The van der Waals surface area contributed by atoms with Gasteiger partial charge in [-0.25, -0.2) is 9.37 Å². The normalized spacial score (nSPS) is 17.8. The summed E-state index contributed by atoms with van der Waals surface area (Å²) in [5.41, 5.74) is 8.41. The molecule has 5 heterocycles. The Morgan fingerprint density at radius 1 is 1.20 bits per heavy atom. The molecule has 10 nitrogen and oxygen atoms in total. The number of nitrogens with zero attached hydrogens (tertiary/aromatic N) is 5. The van der Waals surface area contributed by atoms with Gasteiger partial charge in [-0.05, 0) is 61.7 Å². The number of amides is 2. The Kier molecular flexibility index (Phi) is 7.16. The third kappa shape index (κ3) is 4.50. The molecular weight excluding hydrogens is 585 g/mol. The quantitative estimate of drug-likeness (QED) is 0.249. The summed E-state index contributed by atoms with van der Waals surface area (Å²) in [7, 11) is 0. The lowest BCUT2D eigenvalue weighted by atomic mass is 9.99. The van der Waals surface area contributed by atoms with E-state index < -0.39 is 23.3 Å². The van der Waals surface area contributed by atoms with Gasteiger partial charge in [0.2, 0.25) is 11.8 Å². The van der Waals surface area contributed by atoms with Gasteiger partial charge in [-0.2, -0.15) is 0 Å². The highest BCUT2D eigenvalue weighted by atomic mass is 35.5.